The van der Waals surface area contributed by atoms with Crippen LogP contribution in [0.1, 0.15) is 21.8 Å². The number of halogens is 1. The molecule has 2 aromatic heterocycles. The third kappa shape index (κ3) is 3.15. The second kappa shape index (κ2) is 6.40. The smallest absolute Gasteiger partial charge is 0.275 e. The van der Waals surface area contributed by atoms with E-state index in [-0.39, 0.29) is 5.56 Å². The van der Waals surface area contributed by atoms with Gasteiger partial charge in [-0.15, -0.1) is 0 Å². The molecule has 3 heterocycles. The Hall–Kier alpha value is -1.96. The van der Waals surface area contributed by atoms with Crippen molar-refractivity contribution in [3.8, 4) is 5.75 Å². The van der Waals surface area contributed by atoms with Crippen LogP contribution in [0.4, 0.5) is 0 Å². The molecule has 0 aliphatic carbocycles. The largest absolute Gasteiger partial charge is 0.495 e. The lowest BCUT2D eigenvalue weighted by atomic mass is 9.99. The summed E-state index contributed by atoms with van der Waals surface area (Å²) in [4.78, 5) is 19.3. The molecule has 0 radical (unpaired) electrons. The molecule has 8 heteroatoms. The van der Waals surface area contributed by atoms with Crippen molar-refractivity contribution in [2.75, 3.05) is 13.7 Å². The molecule has 0 amide bonds. The van der Waals surface area contributed by atoms with Gasteiger partial charge in [0.15, 0.2) is 0 Å². The summed E-state index contributed by atoms with van der Waals surface area (Å²) in [5, 5.41) is 5.94. The molecule has 6 nitrogen and oxygen atoms in total. The fourth-order valence-corrected chi connectivity index (χ4v) is 4.37. The van der Waals surface area contributed by atoms with Gasteiger partial charge in [0.25, 0.3) is 5.56 Å². The SMILES string of the molecule is COc1cc2c(cc1Cl)CN(Cc1nn3c(=O)cc(C)nc3s1)CC2. The zero-order chi connectivity index (χ0) is 17.6. The lowest BCUT2D eigenvalue weighted by Gasteiger charge is -2.28. The maximum atomic E-state index is 12.0. The molecule has 0 saturated carbocycles. The van der Waals surface area contributed by atoms with Crippen LogP contribution in [-0.2, 0) is 19.5 Å². The number of hydrogen-bond donors (Lipinski definition) is 0. The molecular formula is C17H17ClN4O2S. The normalized spacial score (nSPS) is 14.7. The quantitative estimate of drug-likeness (QED) is 0.703. The molecule has 0 N–H and O–H groups in total. The van der Waals surface area contributed by atoms with Crippen LogP contribution < -0.4 is 10.3 Å². The molecule has 3 aromatic rings. The molecule has 130 valence electrons. The van der Waals surface area contributed by atoms with Gasteiger partial charge in [0, 0.05) is 24.8 Å². The van der Waals surface area contributed by atoms with Crippen LogP contribution in [0.15, 0.2) is 23.0 Å². The number of methoxy groups -OCH3 is 1. The minimum Gasteiger partial charge on any atom is -0.495 e. The van der Waals surface area contributed by atoms with E-state index in [9.17, 15) is 4.79 Å². The Balaban J connectivity index is 1.57. The summed E-state index contributed by atoms with van der Waals surface area (Å²) in [7, 11) is 1.63. The Morgan fingerprint density at radius 3 is 2.96 bits per heavy atom. The van der Waals surface area contributed by atoms with Crippen LogP contribution in [0.25, 0.3) is 4.96 Å². The zero-order valence-electron chi connectivity index (χ0n) is 14.0. The van der Waals surface area contributed by atoms with Crippen LogP contribution in [0.3, 0.4) is 0 Å². The van der Waals surface area contributed by atoms with Gasteiger partial charge in [-0.3, -0.25) is 9.69 Å². The number of hydrogen-bond acceptors (Lipinski definition) is 6. The molecule has 4 rings (SSSR count). The Bertz CT molecular complexity index is 1010. The van der Waals surface area contributed by atoms with Gasteiger partial charge in [-0.2, -0.15) is 9.61 Å². The molecule has 1 aromatic carbocycles. The second-order valence-electron chi connectivity index (χ2n) is 6.14. The highest BCUT2D eigenvalue weighted by atomic mass is 35.5. The number of nitrogens with zero attached hydrogens (tertiary/aromatic N) is 4. The van der Waals surface area contributed by atoms with Gasteiger partial charge in [-0.1, -0.05) is 22.9 Å². The average Bonchev–Trinajstić information content (AvgIpc) is 2.96. The fraction of sp³-hybridized carbons (Fsp3) is 0.353. The van der Waals surface area contributed by atoms with Crippen LogP contribution in [-0.4, -0.2) is 33.2 Å². The topological polar surface area (TPSA) is 59.7 Å². The van der Waals surface area contributed by atoms with Crippen LogP contribution in [0.2, 0.25) is 5.02 Å². The van der Waals surface area contributed by atoms with Gasteiger partial charge in [-0.25, -0.2) is 4.98 Å². The highest BCUT2D eigenvalue weighted by molar-refractivity contribution is 7.16. The van der Waals surface area contributed by atoms with E-state index >= 15 is 0 Å². The number of benzene rings is 1. The molecule has 0 spiro atoms. The molecule has 1 aliphatic heterocycles. The van der Waals surface area contributed by atoms with Crippen LogP contribution in [0.5, 0.6) is 5.75 Å². The van der Waals surface area contributed by atoms with E-state index in [1.54, 1.807) is 7.11 Å². The number of aromatic nitrogens is 3. The number of aryl methyl sites for hydroxylation is 1. The first-order valence-electron chi connectivity index (χ1n) is 7.97. The first-order chi connectivity index (χ1) is 12.0. The maximum Gasteiger partial charge on any atom is 0.275 e. The molecule has 0 atom stereocenters. The predicted octanol–water partition coefficient (Wildman–Crippen LogP) is 2.68. The highest BCUT2D eigenvalue weighted by Crippen LogP contribution is 2.31. The van der Waals surface area contributed by atoms with Crippen molar-refractivity contribution >= 4 is 27.9 Å². The summed E-state index contributed by atoms with van der Waals surface area (Å²) in [6, 6.07) is 5.51. The van der Waals surface area contributed by atoms with Crippen LogP contribution in [0, 0.1) is 6.92 Å². The van der Waals surface area contributed by atoms with Gasteiger partial charge >= 0.3 is 0 Å². The van der Waals surface area contributed by atoms with E-state index in [1.807, 2.05) is 19.1 Å². The van der Waals surface area contributed by atoms with Crippen molar-refractivity contribution in [3.63, 3.8) is 0 Å². The van der Waals surface area contributed by atoms with Crippen molar-refractivity contribution in [1.82, 2.24) is 19.5 Å². The standard InChI is InChI=1S/C17H17ClN4O2S/c1-10-5-16(23)22-17(19-10)25-15(20-22)9-21-4-3-11-7-14(24-2)13(18)6-12(11)8-21/h5-7H,3-4,8-9H2,1-2H3. The minimum atomic E-state index is -0.132. The summed E-state index contributed by atoms with van der Waals surface area (Å²) >= 11 is 7.72. The van der Waals surface area contributed by atoms with Crippen molar-refractivity contribution < 1.29 is 4.74 Å². The van der Waals surface area contributed by atoms with Gasteiger partial charge in [0.1, 0.15) is 10.8 Å². The van der Waals surface area contributed by atoms with Crippen molar-refractivity contribution in [2.24, 2.45) is 0 Å². The summed E-state index contributed by atoms with van der Waals surface area (Å²) in [5.74, 6) is 0.723. The minimum absolute atomic E-state index is 0.132. The summed E-state index contributed by atoms with van der Waals surface area (Å²) in [6.07, 6.45) is 0.936. The summed E-state index contributed by atoms with van der Waals surface area (Å²) < 4.78 is 6.68. The van der Waals surface area contributed by atoms with Gasteiger partial charge in [0.05, 0.1) is 18.7 Å². The van der Waals surface area contributed by atoms with Gasteiger partial charge in [0.2, 0.25) is 4.96 Å². The summed E-state index contributed by atoms with van der Waals surface area (Å²) in [6.45, 7) is 4.24. The van der Waals surface area contributed by atoms with Crippen molar-refractivity contribution in [2.45, 2.75) is 26.4 Å². The Kier molecular flexibility index (Phi) is 4.23. The Morgan fingerprint density at radius 1 is 1.32 bits per heavy atom. The van der Waals surface area contributed by atoms with E-state index in [0.717, 1.165) is 36.0 Å². The van der Waals surface area contributed by atoms with E-state index in [1.165, 1.54) is 33.0 Å². The second-order valence-corrected chi connectivity index (χ2v) is 7.59. The predicted molar refractivity (Wildman–Crippen MR) is 97.7 cm³/mol. The Morgan fingerprint density at radius 2 is 2.16 bits per heavy atom. The number of fused-ring (bicyclic) bond motifs is 2. The average molecular weight is 377 g/mol. The summed E-state index contributed by atoms with van der Waals surface area (Å²) in [5.41, 5.74) is 3.07. The Labute approximate surface area is 153 Å². The van der Waals surface area contributed by atoms with E-state index in [4.69, 9.17) is 16.3 Å². The van der Waals surface area contributed by atoms with Crippen LogP contribution >= 0.6 is 22.9 Å². The zero-order valence-corrected chi connectivity index (χ0v) is 15.5. The lowest BCUT2D eigenvalue weighted by Crippen LogP contribution is -2.30. The first-order valence-corrected chi connectivity index (χ1v) is 9.17. The molecule has 0 fully saturated rings. The third-order valence-corrected chi connectivity index (χ3v) is 5.53. The monoisotopic (exact) mass is 376 g/mol. The van der Waals surface area contributed by atoms with Crippen molar-refractivity contribution in [1.29, 1.82) is 0 Å². The molecule has 1 aliphatic rings. The van der Waals surface area contributed by atoms with Crippen molar-refractivity contribution in [3.05, 3.63) is 55.4 Å². The molecule has 0 unspecified atom stereocenters. The van der Waals surface area contributed by atoms with E-state index < -0.39 is 0 Å². The van der Waals surface area contributed by atoms with E-state index in [0.29, 0.717) is 16.5 Å². The number of rotatable bonds is 3. The highest BCUT2D eigenvalue weighted by Gasteiger charge is 2.20. The molecular weight excluding hydrogens is 360 g/mol. The maximum absolute atomic E-state index is 12.0. The molecule has 0 bridgehead atoms. The fourth-order valence-electron chi connectivity index (χ4n) is 3.12. The lowest BCUT2D eigenvalue weighted by molar-refractivity contribution is 0.244. The molecule has 0 saturated heterocycles. The van der Waals surface area contributed by atoms with E-state index in [2.05, 4.69) is 15.0 Å². The number of ether oxygens (including phenoxy) is 1. The van der Waals surface area contributed by atoms with Gasteiger partial charge < -0.3 is 4.74 Å². The first kappa shape index (κ1) is 16.5. The third-order valence-electron chi connectivity index (χ3n) is 4.34. The molecule has 25 heavy (non-hydrogen) atoms. The van der Waals surface area contributed by atoms with Gasteiger partial charge in [-0.05, 0) is 36.6 Å².